The third-order valence-corrected chi connectivity index (χ3v) is 7.31. The highest BCUT2D eigenvalue weighted by molar-refractivity contribution is 6.30. The van der Waals surface area contributed by atoms with Gasteiger partial charge in [-0.3, -0.25) is 14.7 Å². The van der Waals surface area contributed by atoms with Crippen LogP contribution in [-0.4, -0.2) is 44.6 Å². The normalized spacial score (nSPS) is 19.1. The van der Waals surface area contributed by atoms with Crippen LogP contribution in [0.15, 0.2) is 65.6 Å². The number of aryl methyl sites for hydroxylation is 1. The molecular formula is C28H26ClFN6O. The van der Waals surface area contributed by atoms with Gasteiger partial charge in [-0.15, -0.1) is 4.98 Å². The molecule has 4 heterocycles. The van der Waals surface area contributed by atoms with Crippen LogP contribution in [0, 0.1) is 12.4 Å². The zero-order chi connectivity index (χ0) is 26.3. The highest BCUT2D eigenvalue weighted by atomic mass is 35.5. The van der Waals surface area contributed by atoms with Gasteiger partial charge in [-0.05, 0) is 55.8 Å². The van der Waals surface area contributed by atoms with Gasteiger partial charge in [0, 0.05) is 43.3 Å². The SMILES string of the molecule is [C-]#[N+]c1ccc2c(n1)c(N1C[C@@H](C)N(C(c3ccc(Cl)cc3)c3ccc(F)cn3)C[C@@H]1C)cc(=O)n2C. The van der Waals surface area contributed by atoms with Crippen molar-refractivity contribution in [3.05, 3.63) is 105 Å². The topological polar surface area (TPSA) is 58.6 Å². The number of halogens is 2. The molecule has 1 aliphatic heterocycles. The maximum atomic E-state index is 13.7. The van der Waals surface area contributed by atoms with Gasteiger partial charge in [0.05, 0.1) is 29.1 Å². The van der Waals surface area contributed by atoms with Gasteiger partial charge in [0.25, 0.3) is 11.4 Å². The number of hydrogen-bond acceptors (Lipinski definition) is 5. The average molecular weight is 517 g/mol. The zero-order valence-corrected chi connectivity index (χ0v) is 21.5. The van der Waals surface area contributed by atoms with Crippen molar-refractivity contribution < 1.29 is 4.39 Å². The summed E-state index contributed by atoms with van der Waals surface area (Å²) in [5, 5.41) is 0.643. The summed E-state index contributed by atoms with van der Waals surface area (Å²) in [7, 11) is 1.71. The molecule has 3 aromatic heterocycles. The van der Waals surface area contributed by atoms with Gasteiger partial charge in [0.15, 0.2) is 0 Å². The predicted octanol–water partition coefficient (Wildman–Crippen LogP) is 5.36. The second-order valence-corrected chi connectivity index (χ2v) is 9.91. The molecule has 0 bridgehead atoms. The van der Waals surface area contributed by atoms with E-state index in [1.807, 2.05) is 24.3 Å². The molecule has 0 aliphatic carbocycles. The first-order valence-corrected chi connectivity index (χ1v) is 12.4. The maximum absolute atomic E-state index is 13.7. The van der Waals surface area contributed by atoms with Crippen molar-refractivity contribution in [1.82, 2.24) is 19.4 Å². The first-order chi connectivity index (χ1) is 17.8. The molecule has 1 aliphatic rings. The Bertz CT molecular complexity index is 1500. The number of anilines is 1. The summed E-state index contributed by atoms with van der Waals surface area (Å²) in [6.07, 6.45) is 1.25. The fourth-order valence-electron chi connectivity index (χ4n) is 5.16. The number of benzene rings is 1. The minimum Gasteiger partial charge on any atom is -0.362 e. The maximum Gasteiger partial charge on any atom is 0.270 e. The molecule has 0 amide bonds. The number of rotatable bonds is 4. The van der Waals surface area contributed by atoms with Crippen LogP contribution in [0.1, 0.15) is 31.1 Å². The predicted molar refractivity (Wildman–Crippen MR) is 144 cm³/mol. The number of hydrogen-bond donors (Lipinski definition) is 0. The molecular weight excluding hydrogens is 491 g/mol. The van der Waals surface area contributed by atoms with Crippen LogP contribution < -0.4 is 10.5 Å². The van der Waals surface area contributed by atoms with Gasteiger partial charge in [-0.25, -0.2) is 4.39 Å². The van der Waals surface area contributed by atoms with Crippen LogP contribution >= 0.6 is 11.6 Å². The van der Waals surface area contributed by atoms with Crippen LogP contribution in [-0.2, 0) is 7.05 Å². The lowest BCUT2D eigenvalue weighted by Gasteiger charge is -2.48. The van der Waals surface area contributed by atoms with E-state index in [2.05, 4.69) is 38.5 Å². The van der Waals surface area contributed by atoms with Gasteiger partial charge >= 0.3 is 0 Å². The van der Waals surface area contributed by atoms with Crippen molar-refractivity contribution in [1.29, 1.82) is 0 Å². The zero-order valence-electron chi connectivity index (χ0n) is 20.8. The molecule has 0 saturated carbocycles. The summed E-state index contributed by atoms with van der Waals surface area (Å²) in [6, 6.07) is 15.7. The Morgan fingerprint density at radius 3 is 2.51 bits per heavy atom. The third-order valence-electron chi connectivity index (χ3n) is 7.06. The van der Waals surface area contributed by atoms with Gasteiger partial charge < -0.3 is 14.3 Å². The van der Waals surface area contributed by atoms with E-state index in [1.165, 1.54) is 12.3 Å². The van der Waals surface area contributed by atoms with Crippen molar-refractivity contribution in [2.24, 2.45) is 7.05 Å². The van der Waals surface area contributed by atoms with Crippen molar-refractivity contribution in [2.75, 3.05) is 18.0 Å². The summed E-state index contributed by atoms with van der Waals surface area (Å²) in [5.74, 6) is -0.0921. The quantitative estimate of drug-likeness (QED) is 0.342. The number of piperazine rings is 1. The molecule has 1 unspecified atom stereocenters. The molecule has 1 fully saturated rings. The molecule has 188 valence electrons. The highest BCUT2D eigenvalue weighted by Gasteiger charge is 2.37. The number of pyridine rings is 3. The highest BCUT2D eigenvalue weighted by Crippen LogP contribution is 2.36. The fourth-order valence-corrected chi connectivity index (χ4v) is 5.28. The van der Waals surface area contributed by atoms with Gasteiger partial charge in [-0.1, -0.05) is 30.3 Å². The monoisotopic (exact) mass is 516 g/mol. The Labute approximate surface area is 219 Å². The summed E-state index contributed by atoms with van der Waals surface area (Å²) in [4.78, 5) is 29.9. The Morgan fingerprint density at radius 2 is 1.84 bits per heavy atom. The Balaban J connectivity index is 1.55. The van der Waals surface area contributed by atoms with Crippen LogP contribution in [0.25, 0.3) is 15.9 Å². The minimum atomic E-state index is -0.381. The summed E-state index contributed by atoms with van der Waals surface area (Å²) >= 11 is 6.16. The largest absolute Gasteiger partial charge is 0.362 e. The lowest BCUT2D eigenvalue weighted by Crippen LogP contribution is -2.57. The first kappa shape index (κ1) is 24.9. The van der Waals surface area contributed by atoms with Gasteiger partial charge in [0.1, 0.15) is 5.82 Å². The molecule has 0 radical (unpaired) electrons. The van der Waals surface area contributed by atoms with E-state index in [0.29, 0.717) is 29.1 Å². The average Bonchev–Trinajstić information content (AvgIpc) is 2.90. The molecule has 1 saturated heterocycles. The third kappa shape index (κ3) is 4.68. The van der Waals surface area contributed by atoms with E-state index in [9.17, 15) is 9.18 Å². The van der Waals surface area contributed by atoms with Crippen LogP contribution in [0.3, 0.4) is 0 Å². The molecule has 1 aromatic carbocycles. The Hall–Kier alpha value is -3.80. The van der Waals surface area contributed by atoms with E-state index in [1.54, 1.807) is 35.9 Å². The lowest BCUT2D eigenvalue weighted by atomic mass is 9.96. The van der Waals surface area contributed by atoms with Gasteiger partial charge in [0.2, 0.25) is 5.52 Å². The first-order valence-electron chi connectivity index (χ1n) is 12.0. The van der Waals surface area contributed by atoms with Crippen LogP contribution in [0.5, 0.6) is 0 Å². The fraction of sp³-hybridized carbons (Fsp3) is 0.286. The molecule has 5 rings (SSSR count). The Kier molecular flexibility index (Phi) is 6.67. The van der Waals surface area contributed by atoms with Crippen molar-refractivity contribution >= 4 is 34.1 Å². The molecule has 3 atom stereocenters. The second kappa shape index (κ2) is 9.92. The standard InChI is InChI=1S/C28H26ClFN6O/c1-17-16-36(28(19-5-7-20(29)8-6-19)22-10-9-21(30)14-32-22)18(2)15-35(17)24-13-26(37)34(4)23-11-12-25(31-3)33-27(23)24/h5-14,17-18,28H,15-16H2,1-2,4H3/t17-,18+,28?/m0/s1. The van der Waals surface area contributed by atoms with E-state index < -0.39 is 0 Å². The molecule has 0 spiro atoms. The van der Waals surface area contributed by atoms with Crippen LogP contribution in [0.2, 0.25) is 5.02 Å². The van der Waals surface area contributed by atoms with E-state index in [-0.39, 0.29) is 35.3 Å². The van der Waals surface area contributed by atoms with Crippen molar-refractivity contribution in [2.45, 2.75) is 32.0 Å². The van der Waals surface area contributed by atoms with E-state index >= 15 is 0 Å². The van der Waals surface area contributed by atoms with Gasteiger partial charge in [-0.2, -0.15) is 0 Å². The number of nitrogens with zero attached hydrogens (tertiary/aromatic N) is 6. The lowest BCUT2D eigenvalue weighted by molar-refractivity contribution is 0.128. The molecule has 4 aromatic rings. The summed E-state index contributed by atoms with van der Waals surface area (Å²) in [5.41, 5.74) is 3.68. The summed E-state index contributed by atoms with van der Waals surface area (Å²) < 4.78 is 15.3. The molecule has 7 nitrogen and oxygen atoms in total. The van der Waals surface area contributed by atoms with Crippen molar-refractivity contribution in [3.8, 4) is 0 Å². The Morgan fingerprint density at radius 1 is 1.08 bits per heavy atom. The van der Waals surface area contributed by atoms with Crippen molar-refractivity contribution in [3.63, 3.8) is 0 Å². The molecule has 37 heavy (non-hydrogen) atoms. The van der Waals surface area contributed by atoms with E-state index in [4.69, 9.17) is 18.2 Å². The number of fused-ring (bicyclic) bond motifs is 1. The molecule has 0 N–H and O–H groups in total. The van der Waals surface area contributed by atoms with E-state index in [0.717, 1.165) is 16.9 Å². The number of aromatic nitrogens is 3. The molecule has 9 heteroatoms. The summed E-state index contributed by atoms with van der Waals surface area (Å²) in [6.45, 7) is 12.9. The van der Waals surface area contributed by atoms with Crippen LogP contribution in [0.4, 0.5) is 15.9 Å². The minimum absolute atomic E-state index is 0.0140. The second-order valence-electron chi connectivity index (χ2n) is 9.48. The smallest absolute Gasteiger partial charge is 0.270 e.